The number of carbonyl (C=O) groups is 3. The first-order valence-corrected chi connectivity index (χ1v) is 7.47. The van der Waals surface area contributed by atoms with Crippen molar-refractivity contribution in [3.63, 3.8) is 0 Å². The minimum absolute atomic E-state index is 0.146. The Bertz CT molecular complexity index is 553. The molecule has 0 unspecified atom stereocenters. The van der Waals surface area contributed by atoms with Gasteiger partial charge < -0.3 is 14.9 Å². The summed E-state index contributed by atoms with van der Waals surface area (Å²) >= 11 is 0. The lowest BCUT2D eigenvalue weighted by molar-refractivity contribution is -0.196. The number of nitrogens with zero attached hydrogens (tertiary/aromatic N) is 1. The standard InChI is InChI=1S/C16H20N2O5/c1-22-16(21)13-7-9-18(10-8-13)23-14(19)11-17-15(20)12-5-3-2-4-6-12/h2-6,13H,7-11H2,1H3,(H,17,20). The zero-order valence-electron chi connectivity index (χ0n) is 13.0. The van der Waals surface area contributed by atoms with E-state index in [1.807, 2.05) is 6.07 Å². The van der Waals surface area contributed by atoms with Crippen molar-refractivity contribution in [1.29, 1.82) is 0 Å². The molecule has 1 N–H and O–H groups in total. The van der Waals surface area contributed by atoms with Crippen molar-refractivity contribution in [2.24, 2.45) is 5.92 Å². The first-order chi connectivity index (χ1) is 11.1. The first-order valence-electron chi connectivity index (χ1n) is 7.47. The lowest BCUT2D eigenvalue weighted by Crippen LogP contribution is -2.40. The Morgan fingerprint density at radius 1 is 1.17 bits per heavy atom. The molecule has 1 fully saturated rings. The highest BCUT2D eigenvalue weighted by Gasteiger charge is 2.27. The lowest BCUT2D eigenvalue weighted by Gasteiger charge is -2.28. The second-order valence-electron chi connectivity index (χ2n) is 5.24. The molecule has 1 aliphatic rings. The number of hydrogen-bond donors (Lipinski definition) is 1. The molecule has 1 amide bonds. The number of benzene rings is 1. The van der Waals surface area contributed by atoms with Crippen molar-refractivity contribution in [3.05, 3.63) is 35.9 Å². The maximum absolute atomic E-state index is 11.8. The van der Waals surface area contributed by atoms with Crippen LogP contribution in [0.25, 0.3) is 0 Å². The van der Waals surface area contributed by atoms with E-state index in [2.05, 4.69) is 5.32 Å². The molecule has 1 aliphatic heterocycles. The van der Waals surface area contributed by atoms with Crippen molar-refractivity contribution < 1.29 is 24.0 Å². The van der Waals surface area contributed by atoms with E-state index in [9.17, 15) is 14.4 Å². The molecule has 7 heteroatoms. The maximum atomic E-state index is 11.8. The number of hydrogen-bond acceptors (Lipinski definition) is 6. The second kappa shape index (κ2) is 8.28. The van der Waals surface area contributed by atoms with Crippen LogP contribution in [0, 0.1) is 5.92 Å². The molecule has 0 radical (unpaired) electrons. The van der Waals surface area contributed by atoms with Gasteiger partial charge in [-0.15, -0.1) is 5.06 Å². The van der Waals surface area contributed by atoms with Crippen LogP contribution in [0.4, 0.5) is 0 Å². The highest BCUT2D eigenvalue weighted by atomic mass is 16.7. The number of esters is 1. The predicted molar refractivity (Wildman–Crippen MR) is 81.2 cm³/mol. The second-order valence-corrected chi connectivity index (χ2v) is 5.24. The number of carbonyl (C=O) groups excluding carboxylic acids is 3. The number of piperidine rings is 1. The van der Waals surface area contributed by atoms with Gasteiger partial charge in [0.15, 0.2) is 0 Å². The van der Waals surface area contributed by atoms with Gasteiger partial charge >= 0.3 is 11.9 Å². The summed E-state index contributed by atoms with van der Waals surface area (Å²) < 4.78 is 4.70. The molecule has 0 atom stereocenters. The molecular formula is C16H20N2O5. The fraction of sp³-hybridized carbons (Fsp3) is 0.438. The van der Waals surface area contributed by atoms with Crippen LogP contribution in [0.3, 0.4) is 0 Å². The smallest absolute Gasteiger partial charge is 0.344 e. The Kier molecular flexibility index (Phi) is 6.10. The fourth-order valence-corrected chi connectivity index (χ4v) is 2.37. The molecule has 124 valence electrons. The monoisotopic (exact) mass is 320 g/mol. The number of amides is 1. The van der Waals surface area contributed by atoms with E-state index in [1.54, 1.807) is 24.3 Å². The topological polar surface area (TPSA) is 84.9 Å². The summed E-state index contributed by atoms with van der Waals surface area (Å²) in [6.07, 6.45) is 1.16. The quantitative estimate of drug-likeness (QED) is 0.806. The van der Waals surface area contributed by atoms with Gasteiger partial charge in [-0.05, 0) is 25.0 Å². The Labute approximate surface area is 134 Å². The Balaban J connectivity index is 1.70. The molecule has 0 saturated carbocycles. The Hall–Kier alpha value is -2.41. The van der Waals surface area contributed by atoms with E-state index < -0.39 is 5.97 Å². The summed E-state index contributed by atoms with van der Waals surface area (Å²) in [4.78, 5) is 40.1. The molecule has 1 aromatic rings. The van der Waals surface area contributed by atoms with Crippen LogP contribution >= 0.6 is 0 Å². The van der Waals surface area contributed by atoms with Crippen LogP contribution in [0.1, 0.15) is 23.2 Å². The van der Waals surface area contributed by atoms with E-state index in [-0.39, 0.29) is 24.3 Å². The van der Waals surface area contributed by atoms with Gasteiger partial charge in [0.25, 0.3) is 5.91 Å². The highest BCUT2D eigenvalue weighted by molar-refractivity contribution is 5.95. The molecule has 0 aliphatic carbocycles. The molecular weight excluding hydrogens is 300 g/mol. The molecule has 1 heterocycles. The summed E-state index contributed by atoms with van der Waals surface area (Å²) in [6.45, 7) is 0.737. The maximum Gasteiger partial charge on any atom is 0.344 e. The van der Waals surface area contributed by atoms with E-state index >= 15 is 0 Å². The lowest BCUT2D eigenvalue weighted by atomic mass is 9.98. The zero-order chi connectivity index (χ0) is 16.7. The molecule has 1 saturated heterocycles. The molecule has 2 rings (SSSR count). The molecule has 23 heavy (non-hydrogen) atoms. The average Bonchev–Trinajstić information content (AvgIpc) is 2.60. The summed E-state index contributed by atoms with van der Waals surface area (Å²) in [5.74, 6) is -1.24. The van der Waals surface area contributed by atoms with Crippen molar-refractivity contribution in [2.45, 2.75) is 12.8 Å². The van der Waals surface area contributed by atoms with Crippen LogP contribution in [0.5, 0.6) is 0 Å². The van der Waals surface area contributed by atoms with Crippen molar-refractivity contribution >= 4 is 17.8 Å². The van der Waals surface area contributed by atoms with E-state index in [4.69, 9.17) is 9.57 Å². The summed E-state index contributed by atoms with van der Waals surface area (Å²) in [6, 6.07) is 8.64. The number of methoxy groups -OCH3 is 1. The van der Waals surface area contributed by atoms with Crippen molar-refractivity contribution in [3.8, 4) is 0 Å². The van der Waals surface area contributed by atoms with Gasteiger partial charge in [0, 0.05) is 18.7 Å². The largest absolute Gasteiger partial charge is 0.469 e. The van der Waals surface area contributed by atoms with Crippen LogP contribution in [-0.4, -0.2) is 49.7 Å². The average molecular weight is 320 g/mol. The summed E-state index contributed by atoms with van der Waals surface area (Å²) in [7, 11) is 1.37. The predicted octanol–water partition coefficient (Wildman–Crippen LogP) is 0.760. The van der Waals surface area contributed by atoms with Gasteiger partial charge in [-0.2, -0.15) is 0 Å². The highest BCUT2D eigenvalue weighted by Crippen LogP contribution is 2.18. The van der Waals surface area contributed by atoms with Gasteiger partial charge in [0.1, 0.15) is 6.54 Å². The fourth-order valence-electron chi connectivity index (χ4n) is 2.37. The minimum atomic E-state index is -0.536. The van der Waals surface area contributed by atoms with E-state index in [0.717, 1.165) is 0 Å². The Morgan fingerprint density at radius 3 is 2.43 bits per heavy atom. The summed E-state index contributed by atoms with van der Waals surface area (Å²) in [5, 5.41) is 4.02. The third-order valence-electron chi connectivity index (χ3n) is 3.65. The molecule has 0 bridgehead atoms. The van der Waals surface area contributed by atoms with E-state index in [0.29, 0.717) is 31.5 Å². The summed E-state index contributed by atoms with van der Waals surface area (Å²) in [5.41, 5.74) is 0.485. The van der Waals surface area contributed by atoms with Gasteiger partial charge in [0.2, 0.25) is 0 Å². The molecule has 7 nitrogen and oxygen atoms in total. The van der Waals surface area contributed by atoms with Gasteiger partial charge in [0.05, 0.1) is 13.0 Å². The third-order valence-corrected chi connectivity index (χ3v) is 3.65. The van der Waals surface area contributed by atoms with Crippen LogP contribution in [0.15, 0.2) is 30.3 Å². The third kappa shape index (κ3) is 5.07. The van der Waals surface area contributed by atoms with Crippen molar-refractivity contribution in [1.82, 2.24) is 10.4 Å². The van der Waals surface area contributed by atoms with Crippen LogP contribution < -0.4 is 5.32 Å². The zero-order valence-corrected chi connectivity index (χ0v) is 13.0. The van der Waals surface area contributed by atoms with E-state index in [1.165, 1.54) is 12.2 Å². The molecule has 0 spiro atoms. The number of nitrogens with one attached hydrogen (secondary N) is 1. The van der Waals surface area contributed by atoms with Crippen molar-refractivity contribution in [2.75, 3.05) is 26.7 Å². The SMILES string of the molecule is COC(=O)C1CCN(OC(=O)CNC(=O)c2ccccc2)CC1. The Morgan fingerprint density at radius 2 is 1.83 bits per heavy atom. The normalized spacial score (nSPS) is 15.7. The minimum Gasteiger partial charge on any atom is -0.469 e. The van der Waals surface area contributed by atoms with Crippen LogP contribution in [-0.2, 0) is 19.2 Å². The number of rotatable bonds is 5. The van der Waals surface area contributed by atoms with Gasteiger partial charge in [-0.1, -0.05) is 18.2 Å². The number of hydroxylamine groups is 2. The first kappa shape index (κ1) is 17.0. The molecule has 0 aromatic heterocycles. The van der Waals surface area contributed by atoms with Gasteiger partial charge in [-0.3, -0.25) is 9.59 Å². The van der Waals surface area contributed by atoms with Crippen LogP contribution in [0.2, 0.25) is 0 Å². The molecule has 1 aromatic carbocycles. The van der Waals surface area contributed by atoms with Gasteiger partial charge in [-0.25, -0.2) is 4.79 Å². The number of ether oxygens (including phenoxy) is 1.